The predicted octanol–water partition coefficient (Wildman–Crippen LogP) is 4.47. The van der Waals surface area contributed by atoms with Crippen molar-refractivity contribution < 1.29 is 14.3 Å². The van der Waals surface area contributed by atoms with E-state index < -0.39 is 0 Å². The Morgan fingerprint density at radius 3 is 2.44 bits per heavy atom. The third kappa shape index (κ3) is 5.62. The van der Waals surface area contributed by atoms with Gasteiger partial charge in [-0.3, -0.25) is 4.79 Å². The van der Waals surface area contributed by atoms with Gasteiger partial charge in [-0.2, -0.15) is 5.10 Å². The van der Waals surface area contributed by atoms with Crippen LogP contribution < -0.4 is 15.2 Å². The first-order valence-electron chi connectivity index (χ1n) is 11.6. The summed E-state index contributed by atoms with van der Waals surface area (Å²) in [4.78, 5) is 19.3. The van der Waals surface area contributed by atoms with Crippen molar-refractivity contribution in [2.75, 3.05) is 25.9 Å². The molecule has 0 spiro atoms. The molecule has 1 fully saturated rings. The van der Waals surface area contributed by atoms with Gasteiger partial charge in [-0.25, -0.2) is 4.98 Å². The van der Waals surface area contributed by atoms with Gasteiger partial charge in [0.2, 0.25) is 0 Å². The molecular formula is C26H31N5O3. The molecule has 0 saturated carbocycles. The lowest BCUT2D eigenvalue weighted by Crippen LogP contribution is -2.38. The summed E-state index contributed by atoms with van der Waals surface area (Å²) in [6, 6.07) is 13.3. The molecule has 1 saturated heterocycles. The third-order valence-corrected chi connectivity index (χ3v) is 5.97. The van der Waals surface area contributed by atoms with E-state index in [4.69, 9.17) is 15.2 Å². The summed E-state index contributed by atoms with van der Waals surface area (Å²) in [6.07, 6.45) is 4.20. The number of methoxy groups -OCH3 is 1. The molecule has 0 bridgehead atoms. The highest BCUT2D eigenvalue weighted by molar-refractivity contribution is 5.93. The van der Waals surface area contributed by atoms with Crippen molar-refractivity contribution in [3.63, 3.8) is 0 Å². The molecule has 4 rings (SSSR count). The number of pyridine rings is 1. The van der Waals surface area contributed by atoms with Crippen LogP contribution in [0.1, 0.15) is 54.4 Å². The number of likely N-dealkylation sites (tertiary alicyclic amines) is 1. The lowest BCUT2D eigenvalue weighted by molar-refractivity contribution is 0.0705. The van der Waals surface area contributed by atoms with Gasteiger partial charge in [0.05, 0.1) is 19.0 Å². The van der Waals surface area contributed by atoms with E-state index in [-0.39, 0.29) is 11.8 Å². The van der Waals surface area contributed by atoms with E-state index in [0.29, 0.717) is 47.8 Å². The van der Waals surface area contributed by atoms with E-state index in [2.05, 4.69) is 41.2 Å². The Morgan fingerprint density at radius 1 is 1.09 bits per heavy atom. The fraction of sp³-hybridized carbons (Fsp3) is 0.385. The first-order chi connectivity index (χ1) is 16.4. The Bertz CT molecular complexity index is 1110. The molecule has 0 unspecified atom stereocenters. The average Bonchev–Trinajstić information content (AvgIpc) is 2.85. The first kappa shape index (κ1) is 23.5. The minimum atomic E-state index is -0.121. The Morgan fingerprint density at radius 2 is 1.82 bits per heavy atom. The van der Waals surface area contributed by atoms with Crippen LogP contribution in [0.25, 0.3) is 0 Å². The highest BCUT2D eigenvalue weighted by Gasteiger charge is 2.27. The van der Waals surface area contributed by atoms with Crippen LogP contribution in [-0.2, 0) is 6.42 Å². The minimum absolute atomic E-state index is 0.121. The van der Waals surface area contributed by atoms with Crippen molar-refractivity contribution in [1.82, 2.24) is 20.1 Å². The maximum atomic E-state index is 13.1. The molecule has 1 amide bonds. The molecule has 0 atom stereocenters. The van der Waals surface area contributed by atoms with Crippen LogP contribution in [0.3, 0.4) is 0 Å². The summed E-state index contributed by atoms with van der Waals surface area (Å²) in [7, 11) is 1.56. The molecule has 8 heteroatoms. The number of anilines is 1. The van der Waals surface area contributed by atoms with E-state index in [1.54, 1.807) is 25.4 Å². The number of carbonyl (C=O) groups excluding carboxylic acids is 1. The van der Waals surface area contributed by atoms with Crippen molar-refractivity contribution in [2.24, 2.45) is 5.92 Å². The zero-order valence-corrected chi connectivity index (χ0v) is 19.9. The summed E-state index contributed by atoms with van der Waals surface area (Å²) in [5.74, 6) is 2.78. The number of hydrogen-bond donors (Lipinski definition) is 1. The number of aromatic nitrogens is 3. The zero-order chi connectivity index (χ0) is 24.1. The molecule has 3 heterocycles. The lowest BCUT2D eigenvalue weighted by atomic mass is 9.93. The first-order valence-corrected chi connectivity index (χ1v) is 11.6. The molecule has 0 radical (unpaired) electrons. The smallest absolute Gasteiger partial charge is 0.272 e. The highest BCUT2D eigenvalue weighted by Crippen LogP contribution is 2.32. The molecule has 0 aliphatic carbocycles. The summed E-state index contributed by atoms with van der Waals surface area (Å²) < 4.78 is 11.5. The van der Waals surface area contributed by atoms with Crippen molar-refractivity contribution >= 4 is 11.7 Å². The molecule has 8 nitrogen and oxygen atoms in total. The highest BCUT2D eigenvalue weighted by atomic mass is 16.5. The lowest BCUT2D eigenvalue weighted by Gasteiger charge is -2.31. The van der Waals surface area contributed by atoms with E-state index in [9.17, 15) is 4.79 Å². The van der Waals surface area contributed by atoms with E-state index in [1.807, 2.05) is 23.1 Å². The van der Waals surface area contributed by atoms with Gasteiger partial charge >= 0.3 is 0 Å². The number of amides is 1. The van der Waals surface area contributed by atoms with Crippen molar-refractivity contribution in [1.29, 1.82) is 0 Å². The van der Waals surface area contributed by atoms with Crippen molar-refractivity contribution in [3.8, 4) is 17.2 Å². The van der Waals surface area contributed by atoms with Gasteiger partial charge in [-0.05, 0) is 55.0 Å². The van der Waals surface area contributed by atoms with Crippen LogP contribution in [0.4, 0.5) is 5.82 Å². The van der Waals surface area contributed by atoms with Crippen LogP contribution >= 0.6 is 0 Å². The van der Waals surface area contributed by atoms with Gasteiger partial charge in [-0.15, -0.1) is 5.10 Å². The van der Waals surface area contributed by atoms with Crippen LogP contribution in [0, 0.1) is 5.92 Å². The summed E-state index contributed by atoms with van der Waals surface area (Å²) >= 11 is 0. The van der Waals surface area contributed by atoms with Crippen molar-refractivity contribution in [2.45, 2.75) is 39.0 Å². The summed E-state index contributed by atoms with van der Waals surface area (Å²) in [6.45, 7) is 5.64. The van der Waals surface area contributed by atoms with Gasteiger partial charge in [-0.1, -0.05) is 26.0 Å². The fourth-order valence-electron chi connectivity index (χ4n) is 4.18. The summed E-state index contributed by atoms with van der Waals surface area (Å²) in [5, 5.41) is 8.13. The molecule has 3 aromatic rings. The number of rotatable bonds is 7. The van der Waals surface area contributed by atoms with Gasteiger partial charge in [0.25, 0.3) is 5.91 Å². The van der Waals surface area contributed by atoms with Crippen LogP contribution in [0.5, 0.6) is 17.2 Å². The quantitative estimate of drug-likeness (QED) is 0.553. The standard InChI is InChI=1S/C26H31N5O3/c1-17(2)14-18-4-6-20(7-5-18)34-24-16-28-22(15-23(24)33-3)26(32)31-12-10-19(11-13-31)21-8-9-25(27)30-29-21/h4-9,15-17,19H,10-14H2,1-3H3,(H2,27,30). The van der Waals surface area contributed by atoms with Crippen LogP contribution in [-0.4, -0.2) is 46.2 Å². The van der Waals surface area contributed by atoms with Gasteiger partial charge < -0.3 is 20.1 Å². The number of benzene rings is 1. The van der Waals surface area contributed by atoms with Gasteiger partial charge in [0.15, 0.2) is 11.5 Å². The van der Waals surface area contributed by atoms with E-state index in [1.165, 1.54) is 5.56 Å². The monoisotopic (exact) mass is 461 g/mol. The number of hydrogen-bond acceptors (Lipinski definition) is 7. The largest absolute Gasteiger partial charge is 0.493 e. The Balaban J connectivity index is 1.40. The molecule has 34 heavy (non-hydrogen) atoms. The molecule has 1 aliphatic rings. The SMILES string of the molecule is COc1cc(C(=O)N2CCC(c3ccc(N)nn3)CC2)ncc1Oc1ccc(CC(C)C)cc1. The van der Waals surface area contributed by atoms with Crippen LogP contribution in [0.15, 0.2) is 48.7 Å². The Labute approximate surface area is 200 Å². The summed E-state index contributed by atoms with van der Waals surface area (Å²) in [5.41, 5.74) is 8.14. The van der Waals surface area contributed by atoms with E-state index >= 15 is 0 Å². The third-order valence-electron chi connectivity index (χ3n) is 5.97. The van der Waals surface area contributed by atoms with Gasteiger partial charge in [0.1, 0.15) is 17.3 Å². The molecule has 178 valence electrons. The van der Waals surface area contributed by atoms with Crippen LogP contribution in [0.2, 0.25) is 0 Å². The number of carbonyl (C=O) groups is 1. The molecule has 1 aliphatic heterocycles. The zero-order valence-electron chi connectivity index (χ0n) is 19.9. The molecule has 2 aromatic heterocycles. The molecule has 1 aromatic carbocycles. The Hall–Kier alpha value is -3.68. The topological polar surface area (TPSA) is 103 Å². The maximum Gasteiger partial charge on any atom is 0.272 e. The maximum absolute atomic E-state index is 13.1. The number of piperidine rings is 1. The second kappa shape index (κ2) is 10.5. The average molecular weight is 462 g/mol. The fourth-order valence-corrected chi connectivity index (χ4v) is 4.18. The normalized spacial score (nSPS) is 14.3. The van der Waals surface area contributed by atoms with E-state index in [0.717, 1.165) is 25.0 Å². The molecule has 2 N–H and O–H groups in total. The number of nitrogens with zero attached hydrogens (tertiary/aromatic N) is 4. The van der Waals surface area contributed by atoms with Crippen molar-refractivity contribution in [3.05, 3.63) is 65.6 Å². The second-order valence-corrected chi connectivity index (χ2v) is 9.01. The van der Waals surface area contributed by atoms with Gasteiger partial charge in [0, 0.05) is 25.1 Å². The number of ether oxygens (including phenoxy) is 2. The second-order valence-electron chi connectivity index (χ2n) is 9.01. The number of nitrogen functional groups attached to an aromatic ring is 1. The molecular weight excluding hydrogens is 430 g/mol. The predicted molar refractivity (Wildman–Crippen MR) is 130 cm³/mol. The minimum Gasteiger partial charge on any atom is -0.493 e. The number of nitrogens with two attached hydrogens (primary N) is 1. The Kier molecular flexibility index (Phi) is 7.25.